The molecule has 0 aromatic carbocycles. The summed E-state index contributed by atoms with van der Waals surface area (Å²) in [5, 5.41) is 14.5. The molecule has 0 saturated heterocycles. The van der Waals surface area contributed by atoms with Gasteiger partial charge < -0.3 is 10.2 Å². The van der Waals surface area contributed by atoms with E-state index in [4.69, 9.17) is 19.8 Å². The summed E-state index contributed by atoms with van der Waals surface area (Å²) in [6, 6.07) is 0. The molecule has 0 rings (SSSR count). The Balaban J connectivity index is -0.000000162. The Morgan fingerprint density at radius 3 is 0.938 bits per heavy atom. The van der Waals surface area contributed by atoms with Crippen LogP contribution in [0.1, 0.15) is 0 Å². The molecular formula is C7H13F4O4Sb. The molecule has 9 heteroatoms. The van der Waals surface area contributed by atoms with Crippen LogP contribution in [0, 0.1) is 0 Å². The Kier molecular flexibility index (Phi) is 16.3. The van der Waals surface area contributed by atoms with Crippen molar-refractivity contribution >= 4 is 32.1 Å². The summed E-state index contributed by atoms with van der Waals surface area (Å²) in [5.74, 6) is -4.15. The first kappa shape index (κ1) is 20.8. The zero-order valence-electron chi connectivity index (χ0n) is 8.82. The summed E-state index contributed by atoms with van der Waals surface area (Å²) >= 11 is -0.450. The number of hydrogen-bond donors (Lipinski definition) is 2. The summed E-state index contributed by atoms with van der Waals surface area (Å²) in [4.78, 5) is 24.9. The van der Waals surface area contributed by atoms with Crippen LogP contribution in [-0.4, -0.2) is 55.2 Å². The molecule has 0 heterocycles. The molecule has 16 heavy (non-hydrogen) atoms. The van der Waals surface area contributed by atoms with Gasteiger partial charge in [-0.05, 0) is 0 Å². The van der Waals surface area contributed by atoms with Crippen LogP contribution in [0.15, 0.2) is 0 Å². The molecular weight excluding hydrogens is 346 g/mol. The van der Waals surface area contributed by atoms with Gasteiger partial charge in [-0.15, -0.1) is 0 Å². The third kappa shape index (κ3) is 37.5. The molecule has 0 aliphatic heterocycles. The average Bonchev–Trinajstić information content (AvgIpc) is 2.03. The van der Waals surface area contributed by atoms with E-state index in [-0.39, 0.29) is 0 Å². The fourth-order valence-electron chi connectivity index (χ4n) is 0. The van der Waals surface area contributed by atoms with E-state index in [9.17, 15) is 17.6 Å². The van der Waals surface area contributed by atoms with Crippen molar-refractivity contribution in [2.45, 2.75) is 27.5 Å². The molecule has 2 N–H and O–H groups in total. The van der Waals surface area contributed by atoms with Gasteiger partial charge in [0.15, 0.2) is 0 Å². The maximum absolute atomic E-state index is 10.6. The second-order valence-electron chi connectivity index (χ2n) is 2.62. The quantitative estimate of drug-likeness (QED) is 0.585. The first-order valence-electron chi connectivity index (χ1n) is 3.65. The molecule has 0 aliphatic carbocycles. The van der Waals surface area contributed by atoms with Gasteiger partial charge in [-0.25, -0.2) is 9.59 Å². The van der Waals surface area contributed by atoms with Crippen LogP contribution in [0.3, 0.4) is 0 Å². The van der Waals surface area contributed by atoms with E-state index in [0.717, 1.165) is 0 Å². The summed E-state index contributed by atoms with van der Waals surface area (Å²) in [7, 11) is 0. The molecule has 98 valence electrons. The van der Waals surface area contributed by atoms with Crippen LogP contribution in [0.25, 0.3) is 0 Å². The number of carboxylic acids is 2. The van der Waals surface area contributed by atoms with E-state index >= 15 is 0 Å². The van der Waals surface area contributed by atoms with Crippen LogP contribution in [0.4, 0.5) is 17.6 Å². The Labute approximate surface area is 97.2 Å². The standard InChI is InChI=1S/2C2H2F2O2.3CH3.Sb/c2*3-1(4)2(5)6;;;;/h2*1H,(H,5,6);3*1H3;. The average molecular weight is 359 g/mol. The molecule has 0 aromatic heterocycles. The summed E-state index contributed by atoms with van der Waals surface area (Å²) < 4.78 is 42.2. The molecule has 0 saturated carbocycles. The van der Waals surface area contributed by atoms with Gasteiger partial charge in [-0.2, -0.15) is 17.6 Å². The molecule has 4 nitrogen and oxygen atoms in total. The van der Waals surface area contributed by atoms with Gasteiger partial charge in [-0.1, -0.05) is 0 Å². The molecule has 0 spiro atoms. The predicted molar refractivity (Wildman–Crippen MR) is 50.6 cm³/mol. The van der Waals surface area contributed by atoms with Crippen LogP contribution in [0.5, 0.6) is 0 Å². The number of rotatable bonds is 2. The minimum atomic E-state index is -3.23. The number of alkyl halides is 4. The normalized spacial score (nSPS) is 9.12. The first-order valence-corrected chi connectivity index (χ1v) is 11.3. The van der Waals surface area contributed by atoms with Crippen LogP contribution < -0.4 is 0 Å². The second kappa shape index (κ2) is 12.5. The van der Waals surface area contributed by atoms with Crippen molar-refractivity contribution in [2.24, 2.45) is 0 Å². The SMILES string of the molecule is O=C(O)C(F)F.O=C(O)C(F)F.[CH3][Sb]([CH3])[CH3]. The molecule has 0 aliphatic rings. The van der Waals surface area contributed by atoms with E-state index in [0.29, 0.717) is 0 Å². The van der Waals surface area contributed by atoms with Crippen molar-refractivity contribution in [3.63, 3.8) is 0 Å². The van der Waals surface area contributed by atoms with E-state index in [1.54, 1.807) is 0 Å². The number of hydrogen-bond acceptors (Lipinski definition) is 2. The van der Waals surface area contributed by atoms with Crippen LogP contribution in [0.2, 0.25) is 14.6 Å². The van der Waals surface area contributed by atoms with Crippen molar-refractivity contribution in [1.82, 2.24) is 0 Å². The third-order valence-electron chi connectivity index (χ3n) is 0.373. The number of carbonyl (C=O) groups is 2. The third-order valence-corrected chi connectivity index (χ3v) is 0.373. The van der Waals surface area contributed by atoms with Gasteiger partial charge in [0.05, 0.1) is 0 Å². The molecule has 0 aromatic rings. The Bertz CT molecular complexity index is 178. The number of halogens is 4. The molecule has 0 amide bonds. The van der Waals surface area contributed by atoms with Crippen molar-refractivity contribution < 1.29 is 37.4 Å². The minimum absolute atomic E-state index is 0.450. The van der Waals surface area contributed by atoms with Gasteiger partial charge in [0.1, 0.15) is 0 Å². The van der Waals surface area contributed by atoms with Crippen molar-refractivity contribution in [1.29, 1.82) is 0 Å². The molecule has 0 atom stereocenters. The monoisotopic (exact) mass is 358 g/mol. The summed E-state index contributed by atoms with van der Waals surface area (Å²) in [5.41, 5.74) is 0. The first-order chi connectivity index (χ1) is 7.02. The molecule has 0 bridgehead atoms. The topological polar surface area (TPSA) is 74.6 Å². The zero-order valence-corrected chi connectivity index (χ0v) is 11.4. The molecule has 0 radical (unpaired) electrons. The Morgan fingerprint density at radius 2 is 0.938 bits per heavy atom. The Hall–Kier alpha value is -0.522. The van der Waals surface area contributed by atoms with Crippen LogP contribution in [-0.2, 0) is 9.59 Å². The van der Waals surface area contributed by atoms with Gasteiger partial charge in [0.25, 0.3) is 0 Å². The summed E-state index contributed by atoms with van der Waals surface area (Å²) in [6.07, 6.45) is -6.46. The van der Waals surface area contributed by atoms with Gasteiger partial charge in [-0.3, -0.25) is 0 Å². The van der Waals surface area contributed by atoms with Gasteiger partial charge in [0.2, 0.25) is 0 Å². The molecule has 0 fully saturated rings. The predicted octanol–water partition coefficient (Wildman–Crippen LogP) is 2.04. The number of carboxylic acid groups (broad SMARTS) is 2. The van der Waals surface area contributed by atoms with Crippen molar-refractivity contribution in [3.8, 4) is 0 Å². The molecule has 0 unspecified atom stereocenters. The summed E-state index contributed by atoms with van der Waals surface area (Å²) in [6.45, 7) is 0. The van der Waals surface area contributed by atoms with E-state index in [1.807, 2.05) is 0 Å². The van der Waals surface area contributed by atoms with Crippen molar-refractivity contribution in [2.75, 3.05) is 0 Å². The second-order valence-corrected chi connectivity index (χ2v) is 10.3. The van der Waals surface area contributed by atoms with E-state index in [2.05, 4.69) is 14.6 Å². The maximum atomic E-state index is 10.6. The van der Waals surface area contributed by atoms with E-state index < -0.39 is 45.0 Å². The zero-order chi connectivity index (χ0) is 13.9. The fourth-order valence-corrected chi connectivity index (χ4v) is 0. The van der Waals surface area contributed by atoms with Gasteiger partial charge in [0, 0.05) is 0 Å². The fraction of sp³-hybridized carbons (Fsp3) is 0.714. The van der Waals surface area contributed by atoms with Crippen molar-refractivity contribution in [3.05, 3.63) is 0 Å². The van der Waals surface area contributed by atoms with E-state index in [1.165, 1.54) is 0 Å². The van der Waals surface area contributed by atoms with Gasteiger partial charge >= 0.3 is 59.6 Å². The number of aliphatic carboxylic acids is 2. The van der Waals surface area contributed by atoms with Crippen LogP contribution >= 0.6 is 0 Å². The Morgan fingerprint density at radius 1 is 0.875 bits per heavy atom.